The summed E-state index contributed by atoms with van der Waals surface area (Å²) in [6, 6.07) is 13.8. The Labute approximate surface area is 180 Å². The van der Waals surface area contributed by atoms with Gasteiger partial charge in [-0.2, -0.15) is 18.2 Å². The highest BCUT2D eigenvalue weighted by Gasteiger charge is 2.35. The van der Waals surface area contributed by atoms with E-state index < -0.39 is 11.7 Å². The molecule has 0 spiro atoms. The van der Waals surface area contributed by atoms with Gasteiger partial charge in [0.05, 0.1) is 6.61 Å². The lowest BCUT2D eigenvalue weighted by Crippen LogP contribution is -2.12. The second-order valence-electron chi connectivity index (χ2n) is 6.94. The summed E-state index contributed by atoms with van der Waals surface area (Å²) in [5.41, 5.74) is 0.111. The number of aromatic nitrogens is 2. The second-order valence-corrected chi connectivity index (χ2v) is 7.86. The molecule has 3 aromatic rings. The van der Waals surface area contributed by atoms with E-state index in [1.807, 2.05) is 13.8 Å². The normalized spacial score (nSPS) is 11.4. The predicted molar refractivity (Wildman–Crippen MR) is 115 cm³/mol. The molecule has 1 aromatic heterocycles. The third-order valence-electron chi connectivity index (χ3n) is 3.87. The monoisotopic (exact) mass is 480 g/mol. The van der Waals surface area contributed by atoms with Crippen molar-refractivity contribution >= 4 is 39.1 Å². The molecule has 30 heavy (non-hydrogen) atoms. The summed E-state index contributed by atoms with van der Waals surface area (Å²) in [4.78, 5) is 7.86. The minimum Gasteiger partial charge on any atom is -0.493 e. The summed E-state index contributed by atoms with van der Waals surface area (Å²) in [6.45, 7) is 4.53. The van der Waals surface area contributed by atoms with E-state index in [0.29, 0.717) is 29.6 Å². The van der Waals surface area contributed by atoms with Crippen molar-refractivity contribution in [2.45, 2.75) is 20.0 Å². The van der Waals surface area contributed by atoms with E-state index in [4.69, 9.17) is 4.74 Å². The Hall–Kier alpha value is -2.81. The second kappa shape index (κ2) is 9.34. The zero-order chi connectivity index (χ0) is 21.7. The first-order valence-electron chi connectivity index (χ1n) is 9.17. The van der Waals surface area contributed by atoms with Crippen LogP contribution < -0.4 is 15.4 Å². The van der Waals surface area contributed by atoms with Crippen LogP contribution in [0.5, 0.6) is 5.75 Å². The van der Waals surface area contributed by atoms with Gasteiger partial charge in [0.1, 0.15) is 17.1 Å². The zero-order valence-corrected chi connectivity index (χ0v) is 17.9. The van der Waals surface area contributed by atoms with Gasteiger partial charge in [0.15, 0.2) is 0 Å². The van der Waals surface area contributed by atoms with Crippen LogP contribution in [0.3, 0.4) is 0 Å². The van der Waals surface area contributed by atoms with Gasteiger partial charge in [0.25, 0.3) is 0 Å². The molecule has 0 aliphatic rings. The Bertz CT molecular complexity index is 994. The molecule has 0 aliphatic carbocycles. The highest BCUT2D eigenvalue weighted by molar-refractivity contribution is 9.10. The van der Waals surface area contributed by atoms with Crippen molar-refractivity contribution in [3.63, 3.8) is 0 Å². The topological polar surface area (TPSA) is 59.1 Å². The van der Waals surface area contributed by atoms with Crippen molar-refractivity contribution in [3.05, 3.63) is 64.8 Å². The predicted octanol–water partition coefficient (Wildman–Crippen LogP) is 6.78. The quantitative estimate of drug-likeness (QED) is 0.390. The Morgan fingerprint density at radius 1 is 1.03 bits per heavy atom. The standard InChI is InChI=1S/C21H20BrF3N4O/c1-13(2)12-30-17-5-3-4-16(10-17)27-19-18(21(23,24)25)11-26-20(29-19)28-15-8-6-14(22)7-9-15/h3-11,13H,12H2,1-2H3,(H2,26,27,28,29). The molecule has 0 unspecified atom stereocenters. The number of hydrogen-bond acceptors (Lipinski definition) is 5. The van der Waals surface area contributed by atoms with Crippen molar-refractivity contribution in [2.24, 2.45) is 5.92 Å². The lowest BCUT2D eigenvalue weighted by atomic mass is 10.2. The number of nitrogens with zero attached hydrogens (tertiary/aromatic N) is 2. The summed E-state index contributed by atoms with van der Waals surface area (Å²) in [5.74, 6) is 0.579. The number of alkyl halides is 3. The maximum absolute atomic E-state index is 13.5. The number of rotatable bonds is 7. The van der Waals surface area contributed by atoms with Gasteiger partial charge >= 0.3 is 6.18 Å². The molecule has 2 N–H and O–H groups in total. The van der Waals surface area contributed by atoms with E-state index in [1.54, 1.807) is 48.5 Å². The first-order valence-corrected chi connectivity index (χ1v) is 9.97. The summed E-state index contributed by atoms with van der Waals surface area (Å²) in [6.07, 6.45) is -3.85. The SMILES string of the molecule is CC(C)COc1cccc(Nc2nc(Nc3ccc(Br)cc3)ncc2C(F)(F)F)c1. The Balaban J connectivity index is 1.87. The maximum atomic E-state index is 13.5. The van der Waals surface area contributed by atoms with Gasteiger partial charge in [0, 0.05) is 28.1 Å². The summed E-state index contributed by atoms with van der Waals surface area (Å²) in [5, 5.41) is 5.65. The molecule has 0 radical (unpaired) electrons. The first-order chi connectivity index (χ1) is 14.2. The number of benzene rings is 2. The van der Waals surface area contributed by atoms with Crippen LogP contribution >= 0.6 is 15.9 Å². The highest BCUT2D eigenvalue weighted by atomic mass is 79.9. The number of halogens is 4. The number of hydrogen-bond donors (Lipinski definition) is 2. The zero-order valence-electron chi connectivity index (χ0n) is 16.3. The van der Waals surface area contributed by atoms with Crippen LogP contribution in [-0.2, 0) is 6.18 Å². The van der Waals surface area contributed by atoms with Crippen LogP contribution in [0.2, 0.25) is 0 Å². The van der Waals surface area contributed by atoms with Crippen LogP contribution in [0.25, 0.3) is 0 Å². The van der Waals surface area contributed by atoms with E-state index in [-0.39, 0.29) is 11.8 Å². The molecular formula is C21H20BrF3N4O. The molecule has 9 heteroatoms. The van der Waals surface area contributed by atoms with Crippen LogP contribution in [0.15, 0.2) is 59.2 Å². The van der Waals surface area contributed by atoms with Crippen molar-refractivity contribution in [3.8, 4) is 5.75 Å². The fourth-order valence-electron chi connectivity index (χ4n) is 2.47. The smallest absolute Gasteiger partial charge is 0.421 e. The molecule has 0 fully saturated rings. The summed E-state index contributed by atoms with van der Waals surface area (Å²) in [7, 11) is 0. The van der Waals surface area contributed by atoms with Gasteiger partial charge in [0.2, 0.25) is 5.95 Å². The molecule has 0 atom stereocenters. The van der Waals surface area contributed by atoms with Crippen molar-refractivity contribution < 1.29 is 17.9 Å². The van der Waals surface area contributed by atoms with Crippen molar-refractivity contribution in [1.29, 1.82) is 0 Å². The molecule has 2 aromatic carbocycles. The average molecular weight is 481 g/mol. The van der Waals surface area contributed by atoms with Gasteiger partial charge in [-0.15, -0.1) is 0 Å². The first kappa shape index (κ1) is 21.9. The largest absolute Gasteiger partial charge is 0.493 e. The van der Waals surface area contributed by atoms with Crippen molar-refractivity contribution in [2.75, 3.05) is 17.2 Å². The summed E-state index contributed by atoms with van der Waals surface area (Å²) >= 11 is 3.33. The molecular weight excluding hydrogens is 461 g/mol. The molecule has 0 bridgehead atoms. The molecule has 1 heterocycles. The lowest BCUT2D eigenvalue weighted by Gasteiger charge is -2.16. The van der Waals surface area contributed by atoms with Crippen LogP contribution in [-0.4, -0.2) is 16.6 Å². The average Bonchev–Trinajstić information content (AvgIpc) is 2.68. The maximum Gasteiger partial charge on any atom is 0.421 e. The van der Waals surface area contributed by atoms with Crippen LogP contribution in [0, 0.1) is 5.92 Å². The third-order valence-corrected chi connectivity index (χ3v) is 4.40. The highest BCUT2D eigenvalue weighted by Crippen LogP contribution is 2.35. The lowest BCUT2D eigenvalue weighted by molar-refractivity contribution is -0.137. The van der Waals surface area contributed by atoms with E-state index in [2.05, 4.69) is 36.5 Å². The number of nitrogens with one attached hydrogen (secondary N) is 2. The number of anilines is 4. The fourth-order valence-corrected chi connectivity index (χ4v) is 2.73. The Morgan fingerprint density at radius 3 is 2.43 bits per heavy atom. The van der Waals surface area contributed by atoms with Gasteiger partial charge in [-0.3, -0.25) is 0 Å². The third kappa shape index (κ3) is 6.09. The van der Waals surface area contributed by atoms with Crippen molar-refractivity contribution in [1.82, 2.24) is 9.97 Å². The van der Waals surface area contributed by atoms with Crippen LogP contribution in [0.1, 0.15) is 19.4 Å². The van der Waals surface area contributed by atoms with Gasteiger partial charge in [-0.25, -0.2) is 4.98 Å². The Kier molecular flexibility index (Phi) is 6.81. The molecule has 0 saturated heterocycles. The minimum absolute atomic E-state index is 0.0417. The molecule has 0 saturated carbocycles. The minimum atomic E-state index is -4.61. The molecule has 158 valence electrons. The number of ether oxygens (including phenoxy) is 1. The van der Waals surface area contributed by atoms with E-state index >= 15 is 0 Å². The Morgan fingerprint density at radius 2 is 1.77 bits per heavy atom. The molecule has 0 aliphatic heterocycles. The molecule has 3 rings (SSSR count). The fraction of sp³-hybridized carbons (Fsp3) is 0.238. The van der Waals surface area contributed by atoms with E-state index in [1.165, 1.54) is 0 Å². The van der Waals surface area contributed by atoms with Crippen LogP contribution in [0.4, 0.5) is 36.3 Å². The summed E-state index contributed by atoms with van der Waals surface area (Å²) < 4.78 is 46.9. The van der Waals surface area contributed by atoms with Gasteiger partial charge < -0.3 is 15.4 Å². The van der Waals surface area contributed by atoms with E-state index in [9.17, 15) is 13.2 Å². The van der Waals surface area contributed by atoms with E-state index in [0.717, 1.165) is 10.7 Å². The van der Waals surface area contributed by atoms with Gasteiger partial charge in [-0.05, 0) is 42.3 Å². The van der Waals surface area contributed by atoms with Gasteiger partial charge in [-0.1, -0.05) is 35.8 Å². The molecule has 5 nitrogen and oxygen atoms in total. The molecule has 0 amide bonds.